The first kappa shape index (κ1) is 20.0. The van der Waals surface area contributed by atoms with Gasteiger partial charge in [-0.1, -0.05) is 31.4 Å². The second-order valence-electron chi connectivity index (χ2n) is 7.64. The van der Waals surface area contributed by atoms with Crippen molar-refractivity contribution in [2.75, 3.05) is 38.0 Å². The van der Waals surface area contributed by atoms with E-state index < -0.39 is 0 Å². The fourth-order valence-corrected chi connectivity index (χ4v) is 3.96. The maximum Gasteiger partial charge on any atom is 0.321 e. The van der Waals surface area contributed by atoms with E-state index in [4.69, 9.17) is 11.6 Å². The number of amides is 3. The lowest BCUT2D eigenvalue weighted by molar-refractivity contribution is -0.123. The first-order valence-electron chi connectivity index (χ1n) is 9.84. The van der Waals surface area contributed by atoms with E-state index in [9.17, 15) is 9.59 Å². The van der Waals surface area contributed by atoms with Crippen molar-refractivity contribution in [1.29, 1.82) is 0 Å². The fraction of sp³-hybridized carbons (Fsp3) is 0.600. The van der Waals surface area contributed by atoms with Gasteiger partial charge in [0.05, 0.1) is 6.54 Å². The van der Waals surface area contributed by atoms with Gasteiger partial charge >= 0.3 is 6.03 Å². The number of rotatable bonds is 4. The number of piperazine rings is 1. The van der Waals surface area contributed by atoms with Crippen molar-refractivity contribution in [3.05, 3.63) is 29.3 Å². The van der Waals surface area contributed by atoms with Crippen LogP contribution < -0.4 is 10.6 Å². The van der Waals surface area contributed by atoms with Crippen LogP contribution in [0.5, 0.6) is 0 Å². The molecule has 1 aliphatic carbocycles. The summed E-state index contributed by atoms with van der Waals surface area (Å²) in [4.78, 5) is 28.6. The van der Waals surface area contributed by atoms with E-state index in [0.29, 0.717) is 49.7 Å². The number of carbonyl (C=O) groups excluding carboxylic acids is 2. The van der Waals surface area contributed by atoms with Crippen molar-refractivity contribution in [2.45, 2.75) is 38.6 Å². The van der Waals surface area contributed by atoms with Crippen molar-refractivity contribution in [1.82, 2.24) is 15.1 Å². The summed E-state index contributed by atoms with van der Waals surface area (Å²) in [6.07, 6.45) is 4.77. The van der Waals surface area contributed by atoms with Gasteiger partial charge in [-0.25, -0.2) is 4.79 Å². The van der Waals surface area contributed by atoms with E-state index in [1.54, 1.807) is 29.2 Å². The van der Waals surface area contributed by atoms with E-state index >= 15 is 0 Å². The Balaban J connectivity index is 1.39. The standard InChI is InChI=1S/C20H29ClN4O2/c1-15-4-2-3-5-18(15)23-19(26)14-24-10-12-25(13-11-24)20(27)22-17-8-6-16(21)7-9-17/h6-9,15,18H,2-5,10-14H2,1H3,(H,22,27)(H,23,26)/t15-,18-/m0/s1. The van der Waals surface area contributed by atoms with Gasteiger partial charge in [-0.05, 0) is 43.0 Å². The first-order chi connectivity index (χ1) is 13.0. The smallest absolute Gasteiger partial charge is 0.321 e. The highest BCUT2D eigenvalue weighted by molar-refractivity contribution is 6.30. The molecule has 2 N–H and O–H groups in total. The average Bonchev–Trinajstić information content (AvgIpc) is 2.66. The molecular weight excluding hydrogens is 364 g/mol. The van der Waals surface area contributed by atoms with Gasteiger partial charge in [0.1, 0.15) is 0 Å². The number of urea groups is 1. The molecule has 1 aliphatic heterocycles. The van der Waals surface area contributed by atoms with Gasteiger partial charge in [0, 0.05) is 42.9 Å². The molecule has 27 heavy (non-hydrogen) atoms. The summed E-state index contributed by atoms with van der Waals surface area (Å²) in [5, 5.41) is 6.73. The van der Waals surface area contributed by atoms with E-state index in [1.807, 2.05) is 0 Å². The molecule has 2 fully saturated rings. The number of hydrogen-bond acceptors (Lipinski definition) is 3. The van der Waals surface area contributed by atoms with Gasteiger partial charge < -0.3 is 15.5 Å². The second-order valence-corrected chi connectivity index (χ2v) is 8.07. The molecule has 1 saturated carbocycles. The minimum absolute atomic E-state index is 0.104. The zero-order valence-electron chi connectivity index (χ0n) is 15.9. The van der Waals surface area contributed by atoms with Gasteiger partial charge in [0.15, 0.2) is 0 Å². The minimum Gasteiger partial charge on any atom is -0.352 e. The quantitative estimate of drug-likeness (QED) is 0.827. The molecule has 3 amide bonds. The Kier molecular flexibility index (Phi) is 6.96. The topological polar surface area (TPSA) is 64.7 Å². The molecule has 2 aliphatic rings. The average molecular weight is 393 g/mol. The Bertz CT molecular complexity index is 644. The van der Waals surface area contributed by atoms with E-state index in [0.717, 1.165) is 12.1 Å². The zero-order chi connectivity index (χ0) is 19.2. The molecule has 1 aromatic rings. The summed E-state index contributed by atoms with van der Waals surface area (Å²) in [5.74, 6) is 0.670. The maximum absolute atomic E-state index is 12.4. The van der Waals surface area contributed by atoms with Crippen LogP contribution in [-0.4, -0.2) is 60.5 Å². The predicted molar refractivity (Wildman–Crippen MR) is 108 cm³/mol. The number of nitrogens with one attached hydrogen (secondary N) is 2. The Hall–Kier alpha value is -1.79. The van der Waals surface area contributed by atoms with E-state index in [-0.39, 0.29) is 11.9 Å². The molecular formula is C20H29ClN4O2. The summed E-state index contributed by atoms with van der Waals surface area (Å²) in [6.45, 7) is 5.29. The van der Waals surface area contributed by atoms with Crippen LogP contribution in [0.2, 0.25) is 5.02 Å². The van der Waals surface area contributed by atoms with Crippen molar-refractivity contribution < 1.29 is 9.59 Å². The Labute approximate surface area is 166 Å². The zero-order valence-corrected chi connectivity index (χ0v) is 16.7. The Morgan fingerprint density at radius 3 is 2.41 bits per heavy atom. The number of carbonyl (C=O) groups is 2. The molecule has 1 heterocycles. The van der Waals surface area contributed by atoms with Crippen LogP contribution in [-0.2, 0) is 4.79 Å². The third-order valence-electron chi connectivity index (χ3n) is 5.58. The third kappa shape index (κ3) is 5.84. The number of halogens is 1. The van der Waals surface area contributed by atoms with Gasteiger partial charge in [0.25, 0.3) is 0 Å². The molecule has 3 rings (SSSR count). The molecule has 0 radical (unpaired) electrons. The number of benzene rings is 1. The van der Waals surface area contributed by atoms with Gasteiger partial charge in [-0.3, -0.25) is 9.69 Å². The van der Waals surface area contributed by atoms with E-state index in [2.05, 4.69) is 22.5 Å². The van der Waals surface area contributed by atoms with Crippen LogP contribution >= 0.6 is 11.6 Å². The minimum atomic E-state index is -0.113. The number of anilines is 1. The molecule has 7 heteroatoms. The highest BCUT2D eigenvalue weighted by Crippen LogP contribution is 2.23. The van der Waals surface area contributed by atoms with Crippen LogP contribution in [0.4, 0.5) is 10.5 Å². The molecule has 0 bridgehead atoms. The van der Waals surface area contributed by atoms with Crippen LogP contribution in [0.15, 0.2) is 24.3 Å². The monoisotopic (exact) mass is 392 g/mol. The van der Waals surface area contributed by atoms with Crippen molar-refractivity contribution in [2.24, 2.45) is 5.92 Å². The first-order valence-corrected chi connectivity index (χ1v) is 10.2. The predicted octanol–water partition coefficient (Wildman–Crippen LogP) is 3.18. The summed E-state index contributed by atoms with van der Waals surface area (Å²) in [7, 11) is 0. The SMILES string of the molecule is C[C@H]1CCCC[C@@H]1NC(=O)CN1CCN(C(=O)Nc2ccc(Cl)cc2)CC1. The summed E-state index contributed by atoms with van der Waals surface area (Å²) < 4.78 is 0. The summed E-state index contributed by atoms with van der Waals surface area (Å²) in [6, 6.07) is 7.28. The lowest BCUT2D eigenvalue weighted by Crippen LogP contribution is -2.53. The third-order valence-corrected chi connectivity index (χ3v) is 5.83. The van der Waals surface area contributed by atoms with Gasteiger partial charge in [0.2, 0.25) is 5.91 Å². The van der Waals surface area contributed by atoms with Crippen LogP contribution in [0.1, 0.15) is 32.6 Å². The summed E-state index contributed by atoms with van der Waals surface area (Å²) >= 11 is 5.86. The van der Waals surface area contributed by atoms with Gasteiger partial charge in [-0.2, -0.15) is 0 Å². The van der Waals surface area contributed by atoms with Crippen molar-refractivity contribution in [3.8, 4) is 0 Å². The summed E-state index contributed by atoms with van der Waals surface area (Å²) in [5.41, 5.74) is 0.729. The van der Waals surface area contributed by atoms with Crippen molar-refractivity contribution >= 4 is 29.2 Å². The number of hydrogen-bond donors (Lipinski definition) is 2. The molecule has 148 valence electrons. The fourth-order valence-electron chi connectivity index (χ4n) is 3.83. The lowest BCUT2D eigenvalue weighted by atomic mass is 9.86. The molecule has 1 aromatic carbocycles. The second kappa shape index (κ2) is 9.42. The van der Waals surface area contributed by atoms with Crippen LogP contribution in [0, 0.1) is 5.92 Å². The lowest BCUT2D eigenvalue weighted by Gasteiger charge is -2.35. The molecule has 0 spiro atoms. The molecule has 6 nitrogen and oxygen atoms in total. The maximum atomic E-state index is 12.4. The van der Waals surface area contributed by atoms with Crippen LogP contribution in [0.25, 0.3) is 0 Å². The molecule has 2 atom stereocenters. The van der Waals surface area contributed by atoms with E-state index in [1.165, 1.54) is 19.3 Å². The van der Waals surface area contributed by atoms with Gasteiger partial charge in [-0.15, -0.1) is 0 Å². The molecule has 1 saturated heterocycles. The molecule has 0 aromatic heterocycles. The largest absolute Gasteiger partial charge is 0.352 e. The normalized spacial score (nSPS) is 23.7. The van der Waals surface area contributed by atoms with Crippen molar-refractivity contribution in [3.63, 3.8) is 0 Å². The van der Waals surface area contributed by atoms with Crippen LogP contribution in [0.3, 0.4) is 0 Å². The molecule has 0 unspecified atom stereocenters. The highest BCUT2D eigenvalue weighted by Gasteiger charge is 2.25. The Morgan fingerprint density at radius 1 is 1.07 bits per heavy atom. The Morgan fingerprint density at radius 2 is 1.74 bits per heavy atom. The number of nitrogens with zero attached hydrogens (tertiary/aromatic N) is 2. The highest BCUT2D eigenvalue weighted by atomic mass is 35.5.